The molecule has 0 aliphatic heterocycles. The van der Waals surface area contributed by atoms with E-state index < -0.39 is 6.04 Å². The average Bonchev–Trinajstić information content (AvgIpc) is 2.69. The summed E-state index contributed by atoms with van der Waals surface area (Å²) in [5, 5.41) is 3.20. The second kappa shape index (κ2) is 11.0. The largest absolute Gasteiger partial charge is 0.497 e. The summed E-state index contributed by atoms with van der Waals surface area (Å²) in [5.41, 5.74) is 0.975. The molecule has 5 heteroatoms. The smallest absolute Gasteiger partial charge is 0.243 e. The zero-order valence-corrected chi connectivity index (χ0v) is 17.0. The lowest BCUT2D eigenvalue weighted by Gasteiger charge is -2.33. The van der Waals surface area contributed by atoms with Crippen molar-refractivity contribution in [3.63, 3.8) is 0 Å². The minimum atomic E-state index is -0.433. The molecule has 150 valence electrons. The Labute approximate surface area is 163 Å². The fourth-order valence-electron chi connectivity index (χ4n) is 3.79. The first-order valence-corrected chi connectivity index (χ1v) is 10.3. The molecule has 0 spiro atoms. The monoisotopic (exact) mass is 374 g/mol. The topological polar surface area (TPSA) is 58.6 Å². The third-order valence-corrected chi connectivity index (χ3v) is 5.29. The number of ether oxygens (including phenoxy) is 1. The number of rotatable bonds is 9. The van der Waals surface area contributed by atoms with Gasteiger partial charge in [-0.3, -0.25) is 9.59 Å². The average molecular weight is 375 g/mol. The molecule has 1 atom stereocenters. The van der Waals surface area contributed by atoms with Crippen molar-refractivity contribution in [3.8, 4) is 5.75 Å². The zero-order valence-electron chi connectivity index (χ0n) is 17.0. The van der Waals surface area contributed by atoms with Crippen LogP contribution in [0, 0.1) is 0 Å². The van der Waals surface area contributed by atoms with Gasteiger partial charge < -0.3 is 15.0 Å². The lowest BCUT2D eigenvalue weighted by molar-refractivity contribution is -0.141. The van der Waals surface area contributed by atoms with Gasteiger partial charge >= 0.3 is 0 Å². The van der Waals surface area contributed by atoms with Gasteiger partial charge in [-0.2, -0.15) is 0 Å². The highest BCUT2D eigenvalue weighted by molar-refractivity contribution is 5.87. The van der Waals surface area contributed by atoms with Crippen molar-refractivity contribution in [1.82, 2.24) is 10.2 Å². The minimum Gasteiger partial charge on any atom is -0.497 e. The van der Waals surface area contributed by atoms with Gasteiger partial charge in [-0.1, -0.05) is 45.2 Å². The van der Waals surface area contributed by atoms with Crippen molar-refractivity contribution in [1.29, 1.82) is 0 Å². The van der Waals surface area contributed by atoms with Gasteiger partial charge in [0.1, 0.15) is 11.8 Å². The van der Waals surface area contributed by atoms with E-state index in [9.17, 15) is 9.59 Å². The van der Waals surface area contributed by atoms with Crippen LogP contribution in [0.15, 0.2) is 24.3 Å². The number of carbonyl (C=O) groups is 2. The standard InChI is InChI=1S/C22H34N2O3/c1-4-10-21(25)24(16-17-11-9-14-19(15-17)27-3)20(5-2)22(26)23-18-12-7-6-8-13-18/h9,11,14-15,18,20H,4-8,10,12-13,16H2,1-3H3,(H,23,26)/t20-/m1/s1. The summed E-state index contributed by atoms with van der Waals surface area (Å²) in [6.45, 7) is 4.39. The normalized spacial score (nSPS) is 15.8. The Morgan fingerprint density at radius 2 is 1.96 bits per heavy atom. The molecule has 1 fully saturated rings. The van der Waals surface area contributed by atoms with Crippen LogP contribution in [0.1, 0.15) is 70.8 Å². The highest BCUT2D eigenvalue weighted by atomic mass is 16.5. The molecule has 27 heavy (non-hydrogen) atoms. The molecule has 1 aliphatic rings. The predicted octanol–water partition coefficient (Wildman–Crippen LogP) is 4.05. The summed E-state index contributed by atoms with van der Waals surface area (Å²) >= 11 is 0. The number of carbonyl (C=O) groups excluding carboxylic acids is 2. The summed E-state index contributed by atoms with van der Waals surface area (Å²) in [7, 11) is 1.63. The first kappa shape index (κ1) is 21.3. The van der Waals surface area contributed by atoms with E-state index in [4.69, 9.17) is 4.74 Å². The van der Waals surface area contributed by atoms with Gasteiger partial charge in [-0.15, -0.1) is 0 Å². The minimum absolute atomic E-state index is 0.0169. The molecule has 5 nitrogen and oxygen atoms in total. The van der Waals surface area contributed by atoms with Crippen LogP contribution < -0.4 is 10.1 Å². The molecule has 2 rings (SSSR count). The van der Waals surface area contributed by atoms with Gasteiger partial charge in [-0.05, 0) is 43.4 Å². The molecule has 2 amide bonds. The molecule has 0 heterocycles. The van der Waals surface area contributed by atoms with Crippen LogP contribution in [0.5, 0.6) is 5.75 Å². The van der Waals surface area contributed by atoms with E-state index in [2.05, 4.69) is 5.32 Å². The Morgan fingerprint density at radius 1 is 1.22 bits per heavy atom. The van der Waals surface area contributed by atoms with Crippen LogP contribution >= 0.6 is 0 Å². The fraction of sp³-hybridized carbons (Fsp3) is 0.636. The molecule has 1 aromatic rings. The predicted molar refractivity (Wildman–Crippen MR) is 108 cm³/mol. The molecular formula is C22H34N2O3. The maximum Gasteiger partial charge on any atom is 0.243 e. The summed E-state index contributed by atoms with van der Waals surface area (Å²) < 4.78 is 5.30. The molecule has 0 bridgehead atoms. The third kappa shape index (κ3) is 6.26. The molecule has 0 unspecified atom stereocenters. The lowest BCUT2D eigenvalue weighted by atomic mass is 9.95. The Morgan fingerprint density at radius 3 is 2.59 bits per heavy atom. The zero-order chi connectivity index (χ0) is 19.6. The van der Waals surface area contributed by atoms with Crippen molar-refractivity contribution in [2.75, 3.05) is 7.11 Å². The van der Waals surface area contributed by atoms with Crippen molar-refractivity contribution in [2.45, 2.75) is 83.8 Å². The molecule has 1 aromatic carbocycles. The number of nitrogens with one attached hydrogen (secondary N) is 1. The number of amides is 2. The van der Waals surface area contributed by atoms with E-state index in [0.717, 1.165) is 30.6 Å². The molecule has 0 radical (unpaired) electrons. The Hall–Kier alpha value is -2.04. The van der Waals surface area contributed by atoms with Gasteiger partial charge in [0.25, 0.3) is 0 Å². The van der Waals surface area contributed by atoms with Crippen molar-refractivity contribution >= 4 is 11.8 Å². The van der Waals surface area contributed by atoms with Gasteiger partial charge in [-0.25, -0.2) is 0 Å². The van der Waals surface area contributed by atoms with E-state index in [1.54, 1.807) is 12.0 Å². The number of methoxy groups -OCH3 is 1. The fourth-order valence-corrected chi connectivity index (χ4v) is 3.79. The summed E-state index contributed by atoms with van der Waals surface area (Å²) in [5.74, 6) is 0.776. The summed E-state index contributed by atoms with van der Waals surface area (Å²) in [6.07, 6.45) is 7.51. The van der Waals surface area contributed by atoms with Gasteiger partial charge in [0.05, 0.1) is 7.11 Å². The molecule has 1 aliphatic carbocycles. The van der Waals surface area contributed by atoms with Gasteiger partial charge in [0.15, 0.2) is 0 Å². The number of benzene rings is 1. The van der Waals surface area contributed by atoms with E-state index in [0.29, 0.717) is 19.4 Å². The van der Waals surface area contributed by atoms with Gasteiger partial charge in [0.2, 0.25) is 11.8 Å². The van der Waals surface area contributed by atoms with Crippen molar-refractivity contribution in [3.05, 3.63) is 29.8 Å². The Bertz CT molecular complexity index is 611. The third-order valence-electron chi connectivity index (χ3n) is 5.29. The van der Waals surface area contributed by atoms with Crippen LogP contribution in [0.2, 0.25) is 0 Å². The Kier molecular flexibility index (Phi) is 8.62. The number of hydrogen-bond donors (Lipinski definition) is 1. The first-order valence-electron chi connectivity index (χ1n) is 10.3. The second-order valence-electron chi connectivity index (χ2n) is 7.39. The molecular weight excluding hydrogens is 340 g/mol. The number of nitrogens with zero attached hydrogens (tertiary/aromatic N) is 1. The van der Waals surface area contributed by atoms with Crippen LogP contribution in [0.3, 0.4) is 0 Å². The molecule has 1 saturated carbocycles. The van der Waals surface area contributed by atoms with E-state index in [-0.39, 0.29) is 17.9 Å². The molecule has 0 aromatic heterocycles. The highest BCUT2D eigenvalue weighted by Gasteiger charge is 2.29. The van der Waals surface area contributed by atoms with Crippen molar-refractivity contribution < 1.29 is 14.3 Å². The SMILES string of the molecule is CCCC(=O)N(Cc1cccc(OC)c1)[C@H](CC)C(=O)NC1CCCCC1. The van der Waals surface area contributed by atoms with E-state index in [1.807, 2.05) is 38.1 Å². The first-order chi connectivity index (χ1) is 13.1. The van der Waals surface area contributed by atoms with E-state index in [1.165, 1.54) is 19.3 Å². The lowest BCUT2D eigenvalue weighted by Crippen LogP contribution is -2.51. The highest BCUT2D eigenvalue weighted by Crippen LogP contribution is 2.20. The molecule has 0 saturated heterocycles. The maximum atomic E-state index is 13.0. The summed E-state index contributed by atoms with van der Waals surface area (Å²) in [4.78, 5) is 27.5. The van der Waals surface area contributed by atoms with Gasteiger partial charge in [0, 0.05) is 19.0 Å². The van der Waals surface area contributed by atoms with Crippen LogP contribution in [-0.4, -0.2) is 35.9 Å². The van der Waals surface area contributed by atoms with Crippen LogP contribution in [0.4, 0.5) is 0 Å². The second-order valence-corrected chi connectivity index (χ2v) is 7.39. The Balaban J connectivity index is 2.15. The summed E-state index contributed by atoms with van der Waals surface area (Å²) in [6, 6.07) is 7.52. The maximum absolute atomic E-state index is 13.0. The van der Waals surface area contributed by atoms with Crippen LogP contribution in [0.25, 0.3) is 0 Å². The molecule has 1 N–H and O–H groups in total. The van der Waals surface area contributed by atoms with Crippen molar-refractivity contribution in [2.24, 2.45) is 0 Å². The van der Waals surface area contributed by atoms with E-state index >= 15 is 0 Å². The number of hydrogen-bond acceptors (Lipinski definition) is 3. The quantitative estimate of drug-likeness (QED) is 0.709. The van der Waals surface area contributed by atoms with Crippen LogP contribution in [-0.2, 0) is 16.1 Å².